The smallest absolute Gasteiger partial charge is 0.233 e. The van der Waals surface area contributed by atoms with E-state index in [1.54, 1.807) is 0 Å². The van der Waals surface area contributed by atoms with Crippen LogP contribution in [0.15, 0.2) is 59.8 Å². The second-order valence-corrected chi connectivity index (χ2v) is 7.47. The van der Waals surface area contributed by atoms with E-state index in [1.165, 1.54) is 17.3 Å². The van der Waals surface area contributed by atoms with Gasteiger partial charge < -0.3 is 5.32 Å². The lowest BCUT2D eigenvalue weighted by atomic mass is 10.1. The van der Waals surface area contributed by atoms with E-state index in [9.17, 15) is 4.79 Å². The molecule has 1 N–H and O–H groups in total. The van der Waals surface area contributed by atoms with Crippen molar-refractivity contribution in [3.63, 3.8) is 0 Å². The molecule has 0 aliphatic rings. The van der Waals surface area contributed by atoms with Crippen LogP contribution in [0.2, 0.25) is 0 Å². The fourth-order valence-corrected chi connectivity index (χ4v) is 3.48. The molecule has 0 fully saturated rings. The van der Waals surface area contributed by atoms with Gasteiger partial charge in [-0.3, -0.25) is 9.36 Å². The molecule has 1 aromatic heterocycles. The monoisotopic (exact) mass is 366 g/mol. The standard InChI is InChI=1S/C20H22N4OS/c1-14-9-11-17(12-10-14)13-21-19(25)15(2)26-20-23-22-16(3)24(20)18-7-5-4-6-8-18/h4-12,15H,13H2,1-3H3,(H,21,25)/t15-/m0/s1. The van der Waals surface area contributed by atoms with Crippen LogP contribution in [0.25, 0.3) is 5.69 Å². The maximum Gasteiger partial charge on any atom is 0.233 e. The Bertz CT molecular complexity index is 875. The molecular formula is C20H22N4OS. The Labute approximate surface area is 157 Å². The zero-order valence-electron chi connectivity index (χ0n) is 15.1. The molecule has 0 bridgehead atoms. The minimum Gasteiger partial charge on any atom is -0.351 e. The van der Waals surface area contributed by atoms with Gasteiger partial charge in [0.05, 0.1) is 5.25 Å². The van der Waals surface area contributed by atoms with Gasteiger partial charge >= 0.3 is 0 Å². The molecule has 134 valence electrons. The van der Waals surface area contributed by atoms with Crippen molar-refractivity contribution < 1.29 is 4.79 Å². The molecule has 5 nitrogen and oxygen atoms in total. The quantitative estimate of drug-likeness (QED) is 0.676. The van der Waals surface area contributed by atoms with Crippen LogP contribution < -0.4 is 5.32 Å². The molecule has 1 amide bonds. The number of para-hydroxylation sites is 1. The van der Waals surface area contributed by atoms with E-state index in [1.807, 2.05) is 79.9 Å². The van der Waals surface area contributed by atoms with Crippen molar-refractivity contribution in [3.05, 3.63) is 71.5 Å². The van der Waals surface area contributed by atoms with Gasteiger partial charge in [0.25, 0.3) is 0 Å². The topological polar surface area (TPSA) is 59.8 Å². The minimum absolute atomic E-state index is 0.0177. The van der Waals surface area contributed by atoms with E-state index >= 15 is 0 Å². The lowest BCUT2D eigenvalue weighted by Crippen LogP contribution is -2.30. The van der Waals surface area contributed by atoms with Crippen LogP contribution in [0.4, 0.5) is 0 Å². The molecule has 0 spiro atoms. The average Bonchev–Trinajstić information content (AvgIpc) is 3.01. The van der Waals surface area contributed by atoms with Crippen molar-refractivity contribution in [2.45, 2.75) is 37.7 Å². The molecule has 2 aromatic carbocycles. The summed E-state index contributed by atoms with van der Waals surface area (Å²) in [4.78, 5) is 12.5. The molecular weight excluding hydrogens is 344 g/mol. The highest BCUT2D eigenvalue weighted by molar-refractivity contribution is 8.00. The third-order valence-corrected chi connectivity index (χ3v) is 5.09. The van der Waals surface area contributed by atoms with Crippen LogP contribution in [0, 0.1) is 13.8 Å². The number of thioether (sulfide) groups is 1. The number of benzene rings is 2. The summed E-state index contributed by atoms with van der Waals surface area (Å²) in [5.41, 5.74) is 3.29. The van der Waals surface area contributed by atoms with Gasteiger partial charge in [-0.25, -0.2) is 0 Å². The van der Waals surface area contributed by atoms with E-state index in [0.717, 1.165) is 17.1 Å². The summed E-state index contributed by atoms with van der Waals surface area (Å²) in [6.07, 6.45) is 0. The first-order chi connectivity index (χ1) is 12.5. The third kappa shape index (κ3) is 4.32. The van der Waals surface area contributed by atoms with Crippen molar-refractivity contribution in [3.8, 4) is 5.69 Å². The first-order valence-electron chi connectivity index (χ1n) is 8.52. The Morgan fingerprint density at radius 1 is 1.08 bits per heavy atom. The second-order valence-electron chi connectivity index (χ2n) is 6.16. The number of nitrogens with zero attached hydrogens (tertiary/aromatic N) is 3. The highest BCUT2D eigenvalue weighted by Gasteiger charge is 2.19. The van der Waals surface area contributed by atoms with Crippen molar-refractivity contribution in [1.29, 1.82) is 0 Å². The number of hydrogen-bond acceptors (Lipinski definition) is 4. The van der Waals surface area contributed by atoms with Gasteiger partial charge in [0, 0.05) is 12.2 Å². The lowest BCUT2D eigenvalue weighted by Gasteiger charge is -2.13. The number of carbonyl (C=O) groups is 1. The zero-order chi connectivity index (χ0) is 18.5. The molecule has 0 saturated heterocycles. The maximum atomic E-state index is 12.5. The van der Waals surface area contributed by atoms with Crippen LogP contribution in [0.1, 0.15) is 23.9 Å². The van der Waals surface area contributed by atoms with Crippen molar-refractivity contribution in [2.75, 3.05) is 0 Å². The number of hydrogen-bond donors (Lipinski definition) is 1. The normalized spacial score (nSPS) is 12.0. The average molecular weight is 366 g/mol. The Morgan fingerprint density at radius 2 is 1.77 bits per heavy atom. The van der Waals surface area contributed by atoms with E-state index in [0.29, 0.717) is 11.7 Å². The van der Waals surface area contributed by atoms with Crippen molar-refractivity contribution in [2.24, 2.45) is 0 Å². The molecule has 0 aliphatic carbocycles. The highest BCUT2D eigenvalue weighted by atomic mass is 32.2. The fourth-order valence-electron chi connectivity index (χ4n) is 2.54. The Morgan fingerprint density at radius 3 is 2.46 bits per heavy atom. The van der Waals surface area contributed by atoms with Crippen LogP contribution in [0.5, 0.6) is 0 Å². The Balaban J connectivity index is 1.65. The highest BCUT2D eigenvalue weighted by Crippen LogP contribution is 2.25. The van der Waals surface area contributed by atoms with E-state index in [-0.39, 0.29) is 11.2 Å². The molecule has 26 heavy (non-hydrogen) atoms. The van der Waals surface area contributed by atoms with Gasteiger partial charge in [0.15, 0.2) is 5.16 Å². The number of aryl methyl sites for hydroxylation is 2. The summed E-state index contributed by atoms with van der Waals surface area (Å²) in [6, 6.07) is 18.1. The largest absolute Gasteiger partial charge is 0.351 e. The molecule has 0 saturated carbocycles. The molecule has 0 radical (unpaired) electrons. The summed E-state index contributed by atoms with van der Waals surface area (Å²) >= 11 is 1.41. The fraction of sp³-hybridized carbons (Fsp3) is 0.250. The SMILES string of the molecule is Cc1ccc(CNC(=O)[C@H](C)Sc2nnc(C)n2-c2ccccc2)cc1. The molecule has 0 aliphatic heterocycles. The van der Waals surface area contributed by atoms with Gasteiger partial charge in [-0.05, 0) is 38.5 Å². The second kappa shape index (κ2) is 8.19. The number of rotatable bonds is 6. The van der Waals surface area contributed by atoms with E-state index in [4.69, 9.17) is 0 Å². The van der Waals surface area contributed by atoms with Crippen LogP contribution >= 0.6 is 11.8 Å². The van der Waals surface area contributed by atoms with Crippen molar-refractivity contribution >= 4 is 17.7 Å². The summed E-state index contributed by atoms with van der Waals surface area (Å²) < 4.78 is 1.97. The van der Waals surface area contributed by atoms with Gasteiger partial charge in [0.2, 0.25) is 5.91 Å². The molecule has 3 aromatic rings. The summed E-state index contributed by atoms with van der Waals surface area (Å²) in [5.74, 6) is 0.779. The van der Waals surface area contributed by atoms with Crippen LogP contribution in [-0.2, 0) is 11.3 Å². The zero-order valence-corrected chi connectivity index (χ0v) is 16.0. The summed E-state index contributed by atoms with van der Waals surface area (Å²) in [5, 5.41) is 11.8. The first kappa shape index (κ1) is 18.2. The summed E-state index contributed by atoms with van der Waals surface area (Å²) in [7, 11) is 0. The Kier molecular flexibility index (Phi) is 5.73. The van der Waals surface area contributed by atoms with Crippen LogP contribution in [0.3, 0.4) is 0 Å². The van der Waals surface area contributed by atoms with Gasteiger partial charge in [-0.1, -0.05) is 59.8 Å². The number of carbonyl (C=O) groups excluding carboxylic acids is 1. The van der Waals surface area contributed by atoms with Gasteiger partial charge in [-0.2, -0.15) is 0 Å². The van der Waals surface area contributed by atoms with Gasteiger partial charge in [-0.15, -0.1) is 10.2 Å². The summed E-state index contributed by atoms with van der Waals surface area (Å²) in [6.45, 7) is 6.36. The molecule has 1 atom stereocenters. The first-order valence-corrected chi connectivity index (χ1v) is 9.40. The number of aromatic nitrogens is 3. The Hall–Kier alpha value is -2.60. The lowest BCUT2D eigenvalue weighted by molar-refractivity contribution is -0.120. The minimum atomic E-state index is -0.272. The van der Waals surface area contributed by atoms with Gasteiger partial charge in [0.1, 0.15) is 5.82 Å². The van der Waals surface area contributed by atoms with E-state index in [2.05, 4.69) is 15.5 Å². The molecule has 0 unspecified atom stereocenters. The third-order valence-electron chi connectivity index (χ3n) is 4.05. The molecule has 3 rings (SSSR count). The van der Waals surface area contributed by atoms with Crippen LogP contribution in [-0.4, -0.2) is 25.9 Å². The molecule has 6 heteroatoms. The number of nitrogens with one attached hydrogen (secondary N) is 1. The predicted molar refractivity (Wildman–Crippen MR) is 104 cm³/mol. The maximum absolute atomic E-state index is 12.5. The predicted octanol–water partition coefficient (Wildman–Crippen LogP) is 3.68. The molecule has 1 heterocycles. The number of amides is 1. The van der Waals surface area contributed by atoms with E-state index < -0.39 is 0 Å². The van der Waals surface area contributed by atoms with Crippen molar-refractivity contribution in [1.82, 2.24) is 20.1 Å².